The summed E-state index contributed by atoms with van der Waals surface area (Å²) < 4.78 is 18.9. The normalized spacial score (nSPS) is 23.3. The molecule has 4 N–H and O–H groups in total. The third-order valence-corrected chi connectivity index (χ3v) is 7.21. The Kier molecular flexibility index (Phi) is 7.22. The van der Waals surface area contributed by atoms with E-state index >= 15 is 0 Å². The summed E-state index contributed by atoms with van der Waals surface area (Å²) in [7, 11) is 0. The van der Waals surface area contributed by atoms with Gasteiger partial charge in [-0.25, -0.2) is 19.3 Å². The van der Waals surface area contributed by atoms with Gasteiger partial charge in [0, 0.05) is 56.2 Å². The second-order valence-electron chi connectivity index (χ2n) is 10.0. The number of nitrogens with zero attached hydrogens (tertiary/aromatic N) is 7. The largest absolute Gasteiger partial charge is 0.378 e. The summed E-state index contributed by atoms with van der Waals surface area (Å²) in [4.78, 5) is 37.2. The molecular weight excluding hydrogens is 489 g/mol. The predicted octanol–water partition coefficient (Wildman–Crippen LogP) is 0.815. The van der Waals surface area contributed by atoms with Gasteiger partial charge in [0.05, 0.1) is 24.4 Å². The van der Waals surface area contributed by atoms with Crippen molar-refractivity contribution in [3.8, 4) is 11.3 Å². The lowest BCUT2D eigenvalue weighted by molar-refractivity contribution is -0.136. The van der Waals surface area contributed by atoms with Gasteiger partial charge in [-0.15, -0.1) is 12.4 Å². The molecule has 11 nitrogen and oxygen atoms in total. The van der Waals surface area contributed by atoms with Gasteiger partial charge in [0.1, 0.15) is 18.0 Å². The molecule has 5 heterocycles. The van der Waals surface area contributed by atoms with Crippen LogP contribution < -0.4 is 21.3 Å². The van der Waals surface area contributed by atoms with Gasteiger partial charge in [0.2, 0.25) is 17.8 Å². The third-order valence-electron chi connectivity index (χ3n) is 7.21. The van der Waals surface area contributed by atoms with Crippen LogP contribution in [-0.4, -0.2) is 94.4 Å². The molecule has 2 aromatic heterocycles. The molecule has 2 saturated heterocycles. The Morgan fingerprint density at radius 2 is 1.89 bits per heavy atom. The van der Waals surface area contributed by atoms with Crippen LogP contribution in [0.1, 0.15) is 25.8 Å². The maximum absolute atomic E-state index is 13.4. The molecule has 5 rings (SSSR count). The van der Waals surface area contributed by atoms with Crippen molar-refractivity contribution in [2.24, 2.45) is 5.73 Å². The number of nitrogens with two attached hydrogens (primary N) is 2. The molecule has 0 radical (unpaired) electrons. The summed E-state index contributed by atoms with van der Waals surface area (Å²) in [5.41, 5.74) is 12.4. The highest BCUT2D eigenvalue weighted by molar-refractivity contribution is 5.86. The number of carbonyl (C=O) groups excluding carboxylic acids is 1. The highest BCUT2D eigenvalue weighted by Crippen LogP contribution is 2.41. The first-order valence-corrected chi connectivity index (χ1v) is 12.0. The van der Waals surface area contributed by atoms with Crippen LogP contribution in [0.4, 0.5) is 22.1 Å². The van der Waals surface area contributed by atoms with Crippen LogP contribution in [-0.2, 0) is 16.0 Å². The highest BCUT2D eigenvalue weighted by Gasteiger charge is 2.47. The van der Waals surface area contributed by atoms with Crippen molar-refractivity contribution in [1.82, 2.24) is 24.8 Å². The topological polar surface area (TPSA) is 140 Å². The molecule has 196 valence electrons. The third kappa shape index (κ3) is 4.64. The molecule has 0 aliphatic carbocycles. The van der Waals surface area contributed by atoms with Gasteiger partial charge in [0.15, 0.2) is 0 Å². The van der Waals surface area contributed by atoms with E-state index < -0.39 is 12.2 Å². The molecule has 1 amide bonds. The van der Waals surface area contributed by atoms with Gasteiger partial charge >= 0.3 is 0 Å². The smallest absolute Gasteiger partial charge is 0.245 e. The van der Waals surface area contributed by atoms with E-state index in [0.29, 0.717) is 45.3 Å². The van der Waals surface area contributed by atoms with Crippen molar-refractivity contribution in [2.45, 2.75) is 37.8 Å². The number of rotatable bonds is 5. The number of morpholine rings is 1. The van der Waals surface area contributed by atoms with Gasteiger partial charge in [-0.1, -0.05) is 0 Å². The second-order valence-corrected chi connectivity index (χ2v) is 10.0. The fraction of sp³-hybridized carbons (Fsp3) is 0.609. The van der Waals surface area contributed by atoms with Crippen molar-refractivity contribution >= 4 is 36.0 Å². The standard InChI is InChI=1S/C23H32FN9O2.ClH/c1-22(4-6-32(14-22)19(34)23(2,26)13-24)33-5-3-16-17(15-11-27-20(25)28-12-15)29-21(30-18(16)33)31-7-9-35-10-8-31;/h11-12H,3-10,13-14,26H2,1-2H3,(H2,25,27,28);1H/t22-,23?;/m0./s1. The second kappa shape index (κ2) is 9.91. The fourth-order valence-corrected chi connectivity index (χ4v) is 5.13. The number of amides is 1. The van der Waals surface area contributed by atoms with Crippen LogP contribution in [0.3, 0.4) is 0 Å². The van der Waals surface area contributed by atoms with Crippen LogP contribution in [0, 0.1) is 0 Å². The Morgan fingerprint density at radius 1 is 1.19 bits per heavy atom. The average molecular weight is 522 g/mol. The quantitative estimate of drug-likeness (QED) is 0.581. The van der Waals surface area contributed by atoms with Crippen molar-refractivity contribution in [3.05, 3.63) is 18.0 Å². The van der Waals surface area contributed by atoms with E-state index in [0.717, 1.165) is 42.0 Å². The van der Waals surface area contributed by atoms with Crippen LogP contribution >= 0.6 is 12.4 Å². The van der Waals surface area contributed by atoms with E-state index in [1.165, 1.54) is 6.92 Å². The zero-order valence-corrected chi connectivity index (χ0v) is 21.4. The molecular formula is C23H33ClFN9O2. The minimum atomic E-state index is -1.51. The molecule has 13 heteroatoms. The molecule has 2 aromatic rings. The van der Waals surface area contributed by atoms with Crippen LogP contribution in [0.5, 0.6) is 0 Å². The van der Waals surface area contributed by atoms with Crippen molar-refractivity contribution in [1.29, 1.82) is 0 Å². The molecule has 36 heavy (non-hydrogen) atoms. The highest BCUT2D eigenvalue weighted by atomic mass is 35.5. The maximum Gasteiger partial charge on any atom is 0.245 e. The number of fused-ring (bicyclic) bond motifs is 1. The zero-order chi connectivity index (χ0) is 24.8. The van der Waals surface area contributed by atoms with Crippen LogP contribution in [0.25, 0.3) is 11.3 Å². The Labute approximate surface area is 215 Å². The molecule has 2 fully saturated rings. The SMILES string of the molecule is CC(N)(CF)C(=O)N1CC[C@](C)(N2CCc3c(-c4cnc(N)nc4)nc(N4CCOCC4)nc32)C1.Cl. The fourth-order valence-electron chi connectivity index (χ4n) is 5.13. The zero-order valence-electron chi connectivity index (χ0n) is 20.6. The first-order chi connectivity index (χ1) is 16.7. The Bertz CT molecular complexity index is 1110. The van der Waals surface area contributed by atoms with Gasteiger partial charge < -0.3 is 30.9 Å². The van der Waals surface area contributed by atoms with Gasteiger partial charge in [-0.05, 0) is 26.7 Å². The van der Waals surface area contributed by atoms with Crippen molar-refractivity contribution in [2.75, 3.05) is 68.1 Å². The summed E-state index contributed by atoms with van der Waals surface area (Å²) in [6.07, 6.45) is 4.86. The van der Waals surface area contributed by atoms with Gasteiger partial charge in [-0.2, -0.15) is 4.98 Å². The average Bonchev–Trinajstić information content (AvgIpc) is 3.49. The lowest BCUT2D eigenvalue weighted by Crippen LogP contribution is -2.56. The summed E-state index contributed by atoms with van der Waals surface area (Å²) in [5.74, 6) is 1.33. The van der Waals surface area contributed by atoms with E-state index in [2.05, 4.69) is 26.7 Å². The summed E-state index contributed by atoms with van der Waals surface area (Å²) in [5, 5.41) is 0. The number of halogens is 2. The summed E-state index contributed by atoms with van der Waals surface area (Å²) in [6, 6.07) is 0. The number of carbonyl (C=O) groups is 1. The monoisotopic (exact) mass is 521 g/mol. The Hall–Kier alpha value is -2.83. The van der Waals surface area contributed by atoms with E-state index in [-0.39, 0.29) is 29.8 Å². The number of aromatic nitrogens is 4. The van der Waals surface area contributed by atoms with Crippen molar-refractivity contribution < 1.29 is 13.9 Å². The lowest BCUT2D eigenvalue weighted by atomic mass is 9.99. The minimum absolute atomic E-state index is 0. The lowest BCUT2D eigenvalue weighted by Gasteiger charge is -2.38. The first-order valence-electron chi connectivity index (χ1n) is 12.0. The Morgan fingerprint density at radius 3 is 2.56 bits per heavy atom. The molecule has 0 spiro atoms. The number of hydrogen-bond acceptors (Lipinski definition) is 10. The molecule has 0 aromatic carbocycles. The van der Waals surface area contributed by atoms with Crippen molar-refractivity contribution in [3.63, 3.8) is 0 Å². The van der Waals surface area contributed by atoms with Gasteiger partial charge in [-0.3, -0.25) is 4.79 Å². The number of anilines is 3. The summed E-state index contributed by atoms with van der Waals surface area (Å²) >= 11 is 0. The maximum atomic E-state index is 13.4. The van der Waals surface area contributed by atoms with E-state index in [1.807, 2.05) is 0 Å². The number of likely N-dealkylation sites (tertiary alicyclic amines) is 1. The molecule has 1 unspecified atom stereocenters. The van der Waals surface area contributed by atoms with E-state index in [9.17, 15) is 9.18 Å². The van der Waals surface area contributed by atoms with E-state index in [1.54, 1.807) is 17.3 Å². The molecule has 0 bridgehead atoms. The van der Waals surface area contributed by atoms with Crippen LogP contribution in [0.2, 0.25) is 0 Å². The number of ether oxygens (including phenoxy) is 1. The molecule has 3 aliphatic heterocycles. The number of hydrogen-bond donors (Lipinski definition) is 2. The predicted molar refractivity (Wildman–Crippen MR) is 137 cm³/mol. The summed E-state index contributed by atoms with van der Waals surface area (Å²) in [6.45, 7) is 7.03. The first kappa shape index (κ1) is 26.2. The van der Waals surface area contributed by atoms with E-state index in [4.69, 9.17) is 26.2 Å². The number of alkyl halides is 1. The Balaban J connectivity index is 0.00000304. The van der Waals surface area contributed by atoms with Gasteiger partial charge in [0.25, 0.3) is 0 Å². The molecule has 2 atom stereocenters. The molecule has 0 saturated carbocycles. The molecule has 3 aliphatic rings. The number of nitrogen functional groups attached to an aromatic ring is 1. The minimum Gasteiger partial charge on any atom is -0.378 e. The van der Waals surface area contributed by atoms with Crippen LogP contribution in [0.15, 0.2) is 12.4 Å².